The van der Waals surface area contributed by atoms with Crippen LogP contribution in [0, 0.1) is 0 Å². The zero-order valence-electron chi connectivity index (χ0n) is 33.5. The van der Waals surface area contributed by atoms with Crippen molar-refractivity contribution in [3.63, 3.8) is 0 Å². The number of aromatic nitrogens is 3. The number of aryl methyl sites for hydroxylation is 2. The fraction of sp³-hybridized carbons (Fsp3) is 0.422. The number of benzene rings is 2. The Labute approximate surface area is 331 Å². The molecule has 56 heavy (non-hydrogen) atoms. The summed E-state index contributed by atoms with van der Waals surface area (Å²) in [6, 6.07) is 15.8. The van der Waals surface area contributed by atoms with E-state index in [1.165, 1.54) is 12.0 Å². The van der Waals surface area contributed by atoms with Crippen molar-refractivity contribution in [3.8, 4) is 0 Å². The van der Waals surface area contributed by atoms with Crippen LogP contribution in [0.3, 0.4) is 0 Å². The summed E-state index contributed by atoms with van der Waals surface area (Å²) in [6.07, 6.45) is 13.8. The van der Waals surface area contributed by atoms with Crippen molar-refractivity contribution in [1.82, 2.24) is 35.6 Å². The first-order chi connectivity index (χ1) is 27.3. The molecule has 2 aromatic carbocycles. The molecule has 2 saturated heterocycles. The molecular formula is C45H58N8O3. The van der Waals surface area contributed by atoms with Crippen LogP contribution in [-0.2, 0) is 30.8 Å². The normalized spacial score (nSPS) is 15.6. The smallest absolute Gasteiger partial charge is 0.251 e. The Morgan fingerprint density at radius 1 is 0.964 bits per heavy atom. The molecule has 0 radical (unpaired) electrons. The SMILES string of the molecule is CCc1nc2c(cnn2CC)c(NC2CCOCC2)c1CNC(=O)c1cccc(C(=O)NCC(/C=C\C=C\c2cccc(CN3CCCNCC3)c2)=C(C)C)c1. The van der Waals surface area contributed by atoms with E-state index in [1.807, 2.05) is 43.0 Å². The molecule has 2 aliphatic rings. The summed E-state index contributed by atoms with van der Waals surface area (Å²) in [5.74, 6) is -0.495. The van der Waals surface area contributed by atoms with E-state index in [9.17, 15) is 9.59 Å². The first kappa shape index (κ1) is 40.6. The van der Waals surface area contributed by atoms with Crippen LogP contribution in [0.5, 0.6) is 0 Å². The highest BCUT2D eigenvalue weighted by Crippen LogP contribution is 2.31. The second kappa shape index (κ2) is 20.2. The summed E-state index contributed by atoms with van der Waals surface area (Å²) in [5, 5.41) is 19.0. The van der Waals surface area contributed by atoms with Crippen LogP contribution in [0.15, 0.2) is 84.1 Å². The lowest BCUT2D eigenvalue weighted by atomic mass is 10.0. The minimum absolute atomic E-state index is 0.238. The minimum atomic E-state index is -0.257. The highest BCUT2D eigenvalue weighted by molar-refractivity contribution is 6.00. The predicted molar refractivity (Wildman–Crippen MR) is 226 cm³/mol. The third kappa shape index (κ3) is 10.8. The number of carbonyl (C=O) groups is 2. The van der Waals surface area contributed by atoms with Crippen molar-refractivity contribution < 1.29 is 14.3 Å². The predicted octanol–water partition coefficient (Wildman–Crippen LogP) is 6.67. The molecule has 2 aliphatic heterocycles. The maximum absolute atomic E-state index is 13.6. The van der Waals surface area contributed by atoms with Crippen LogP contribution >= 0.6 is 0 Å². The third-order valence-corrected chi connectivity index (χ3v) is 10.6. The van der Waals surface area contributed by atoms with Crippen molar-refractivity contribution in [2.24, 2.45) is 0 Å². The molecule has 296 valence electrons. The van der Waals surface area contributed by atoms with Gasteiger partial charge in [0.15, 0.2) is 5.65 Å². The summed E-state index contributed by atoms with van der Waals surface area (Å²) in [4.78, 5) is 34.4. The van der Waals surface area contributed by atoms with Gasteiger partial charge in [-0.05, 0) is 94.4 Å². The van der Waals surface area contributed by atoms with E-state index in [2.05, 4.69) is 75.5 Å². The van der Waals surface area contributed by atoms with Crippen molar-refractivity contribution in [1.29, 1.82) is 0 Å². The summed E-state index contributed by atoms with van der Waals surface area (Å²) in [7, 11) is 0. The van der Waals surface area contributed by atoms with E-state index in [1.54, 1.807) is 24.3 Å². The molecule has 0 unspecified atom stereocenters. The molecule has 0 spiro atoms. The summed E-state index contributed by atoms with van der Waals surface area (Å²) in [6.45, 7) is 16.3. The highest BCUT2D eigenvalue weighted by Gasteiger charge is 2.22. The molecule has 0 saturated carbocycles. The van der Waals surface area contributed by atoms with Crippen LogP contribution in [0.25, 0.3) is 17.1 Å². The molecule has 0 atom stereocenters. The fourth-order valence-corrected chi connectivity index (χ4v) is 7.30. The van der Waals surface area contributed by atoms with Gasteiger partial charge in [0.1, 0.15) is 0 Å². The summed E-state index contributed by atoms with van der Waals surface area (Å²) >= 11 is 0. The van der Waals surface area contributed by atoms with Crippen LogP contribution in [-0.4, -0.2) is 83.5 Å². The van der Waals surface area contributed by atoms with Crippen molar-refractivity contribution in [2.45, 2.75) is 79.1 Å². The second-order valence-corrected chi connectivity index (χ2v) is 14.8. The molecule has 11 heteroatoms. The standard InChI is InChI=1S/C45H58N8O3/c1-5-41-39(42(50-38-18-24-56-25-19-38)40-30-49-53(6-2)43(40)51-41)29-48-45(55)36-17-10-16-35(27-36)44(54)47-28-37(32(3)4)15-8-7-12-33-13-9-14-34(26-33)31-52-22-11-20-46-21-23-52/h7-10,12-17,26-27,30,38,46H,5-6,11,18-25,28-29,31H2,1-4H3,(H,47,54)(H,48,55)(H,50,51)/b12-7+,15-8-. The number of rotatable bonds is 15. The number of hydrogen-bond acceptors (Lipinski definition) is 8. The Hall–Kier alpha value is -5.10. The second-order valence-electron chi connectivity index (χ2n) is 14.8. The van der Waals surface area contributed by atoms with E-state index in [4.69, 9.17) is 9.72 Å². The Balaban J connectivity index is 1.07. The molecule has 0 aliphatic carbocycles. The van der Waals surface area contributed by atoms with Gasteiger partial charge in [-0.25, -0.2) is 9.67 Å². The fourth-order valence-electron chi connectivity index (χ4n) is 7.30. The van der Waals surface area contributed by atoms with Gasteiger partial charge < -0.3 is 26.0 Å². The number of nitrogens with zero attached hydrogens (tertiary/aromatic N) is 4. The molecule has 2 aromatic heterocycles. The molecule has 2 fully saturated rings. The zero-order chi connectivity index (χ0) is 39.3. The van der Waals surface area contributed by atoms with Crippen molar-refractivity contribution in [3.05, 3.63) is 118 Å². The first-order valence-electron chi connectivity index (χ1n) is 20.2. The van der Waals surface area contributed by atoms with Gasteiger partial charge in [-0.15, -0.1) is 0 Å². The third-order valence-electron chi connectivity index (χ3n) is 10.6. The van der Waals surface area contributed by atoms with Crippen molar-refractivity contribution in [2.75, 3.05) is 51.3 Å². The average Bonchev–Trinajstić information content (AvgIpc) is 3.46. The van der Waals surface area contributed by atoms with E-state index < -0.39 is 0 Å². The van der Waals surface area contributed by atoms with Crippen LogP contribution in [0.2, 0.25) is 0 Å². The summed E-state index contributed by atoms with van der Waals surface area (Å²) in [5.41, 5.74) is 9.15. The van der Waals surface area contributed by atoms with Crippen LogP contribution < -0.4 is 21.3 Å². The molecule has 0 bridgehead atoms. The number of allylic oxidation sites excluding steroid dienone is 3. The first-order valence-corrected chi connectivity index (χ1v) is 20.2. The number of amides is 2. The van der Waals surface area contributed by atoms with Crippen LogP contribution in [0.1, 0.15) is 90.1 Å². The van der Waals surface area contributed by atoms with E-state index in [0.29, 0.717) is 43.9 Å². The molecule has 4 heterocycles. The van der Waals surface area contributed by atoms with Gasteiger partial charge in [-0.2, -0.15) is 5.10 Å². The van der Waals surface area contributed by atoms with Gasteiger partial charge in [-0.1, -0.05) is 67.1 Å². The quantitative estimate of drug-likeness (QED) is 0.0993. The van der Waals surface area contributed by atoms with E-state index >= 15 is 0 Å². The highest BCUT2D eigenvalue weighted by atomic mass is 16.5. The van der Waals surface area contributed by atoms with Gasteiger partial charge >= 0.3 is 0 Å². The lowest BCUT2D eigenvalue weighted by Crippen LogP contribution is -2.30. The van der Waals surface area contributed by atoms with E-state index in [-0.39, 0.29) is 24.4 Å². The van der Waals surface area contributed by atoms with Crippen molar-refractivity contribution >= 4 is 34.6 Å². The lowest BCUT2D eigenvalue weighted by molar-refractivity contribution is 0.0904. The Morgan fingerprint density at radius 2 is 1.75 bits per heavy atom. The van der Waals surface area contributed by atoms with Gasteiger partial charge in [0, 0.05) is 80.9 Å². The Morgan fingerprint density at radius 3 is 2.52 bits per heavy atom. The number of nitrogens with one attached hydrogen (secondary N) is 4. The number of hydrogen-bond donors (Lipinski definition) is 4. The molecule has 4 N–H and O–H groups in total. The number of pyridine rings is 1. The minimum Gasteiger partial charge on any atom is -0.381 e. The van der Waals surface area contributed by atoms with Crippen LogP contribution in [0.4, 0.5) is 5.69 Å². The number of anilines is 1. The van der Waals surface area contributed by atoms with Gasteiger partial charge in [0.05, 0.1) is 17.3 Å². The lowest BCUT2D eigenvalue weighted by Gasteiger charge is -2.26. The molecule has 6 rings (SSSR count). The average molecular weight is 759 g/mol. The molecular weight excluding hydrogens is 701 g/mol. The Kier molecular flexibility index (Phi) is 14.6. The Bertz CT molecular complexity index is 2050. The van der Waals surface area contributed by atoms with Gasteiger partial charge in [0.2, 0.25) is 0 Å². The van der Waals surface area contributed by atoms with Gasteiger partial charge in [-0.3, -0.25) is 14.5 Å². The summed E-state index contributed by atoms with van der Waals surface area (Å²) < 4.78 is 7.52. The maximum Gasteiger partial charge on any atom is 0.251 e. The molecule has 2 amide bonds. The largest absolute Gasteiger partial charge is 0.381 e. The number of carbonyl (C=O) groups excluding carboxylic acids is 2. The number of fused-ring (bicyclic) bond motifs is 1. The zero-order valence-corrected chi connectivity index (χ0v) is 33.5. The van der Waals surface area contributed by atoms with E-state index in [0.717, 1.165) is 90.3 Å². The molecule has 11 nitrogen and oxygen atoms in total. The topological polar surface area (TPSA) is 125 Å². The molecule has 4 aromatic rings. The monoisotopic (exact) mass is 758 g/mol. The number of ether oxygens (including phenoxy) is 1. The maximum atomic E-state index is 13.6. The van der Waals surface area contributed by atoms with Gasteiger partial charge in [0.25, 0.3) is 11.8 Å².